The van der Waals surface area contributed by atoms with E-state index in [-0.39, 0.29) is 17.9 Å². The van der Waals surface area contributed by atoms with E-state index in [1.54, 1.807) is 0 Å². The Balaban J connectivity index is 3.76. The lowest BCUT2D eigenvalue weighted by Crippen LogP contribution is -2.40. The Morgan fingerprint density at radius 1 is 1.31 bits per heavy atom. The molecule has 16 heavy (non-hydrogen) atoms. The normalized spacial score (nSPS) is 14.9. The van der Waals surface area contributed by atoms with Crippen molar-refractivity contribution in [2.24, 2.45) is 5.92 Å². The van der Waals surface area contributed by atoms with Crippen molar-refractivity contribution in [3.63, 3.8) is 0 Å². The fraction of sp³-hybridized carbons (Fsp3) is 0.917. The first-order valence-electron chi connectivity index (χ1n) is 6.13. The smallest absolute Gasteiger partial charge is 0.224 e. The third-order valence-electron chi connectivity index (χ3n) is 2.55. The molecule has 96 valence electrons. The Labute approximate surface area is 99.8 Å². The molecule has 0 spiro atoms. The lowest BCUT2D eigenvalue weighted by atomic mass is 10.1. The van der Waals surface area contributed by atoms with Crippen molar-refractivity contribution in [2.75, 3.05) is 33.7 Å². The molecule has 0 bridgehead atoms. The van der Waals surface area contributed by atoms with Crippen LogP contribution in [0.25, 0.3) is 0 Å². The molecule has 2 unspecified atom stereocenters. The van der Waals surface area contributed by atoms with Crippen molar-refractivity contribution in [3.8, 4) is 0 Å². The van der Waals surface area contributed by atoms with Crippen molar-refractivity contribution in [1.29, 1.82) is 0 Å². The summed E-state index contributed by atoms with van der Waals surface area (Å²) in [5, 5.41) is 6.22. The van der Waals surface area contributed by atoms with E-state index in [0.29, 0.717) is 0 Å². The van der Waals surface area contributed by atoms with Crippen molar-refractivity contribution in [3.05, 3.63) is 0 Å². The molecule has 0 radical (unpaired) electrons. The van der Waals surface area contributed by atoms with Crippen LogP contribution in [0.3, 0.4) is 0 Å². The monoisotopic (exact) mass is 229 g/mol. The third kappa shape index (κ3) is 7.65. The number of nitrogens with one attached hydrogen (secondary N) is 2. The van der Waals surface area contributed by atoms with Gasteiger partial charge in [0.2, 0.25) is 5.91 Å². The van der Waals surface area contributed by atoms with E-state index in [0.717, 1.165) is 26.1 Å². The number of carbonyl (C=O) groups excluding carboxylic acids is 1. The number of hydrogen-bond acceptors (Lipinski definition) is 3. The van der Waals surface area contributed by atoms with Gasteiger partial charge < -0.3 is 15.5 Å². The molecule has 0 saturated carbocycles. The zero-order valence-electron chi connectivity index (χ0n) is 11.3. The molecule has 4 nitrogen and oxygen atoms in total. The van der Waals surface area contributed by atoms with Gasteiger partial charge in [-0.2, -0.15) is 0 Å². The average Bonchev–Trinajstić information content (AvgIpc) is 2.22. The number of rotatable bonds is 8. The van der Waals surface area contributed by atoms with E-state index in [1.807, 2.05) is 27.9 Å². The van der Waals surface area contributed by atoms with Gasteiger partial charge in [0.1, 0.15) is 0 Å². The van der Waals surface area contributed by atoms with Gasteiger partial charge in [-0.1, -0.05) is 13.8 Å². The molecule has 0 aromatic rings. The van der Waals surface area contributed by atoms with Crippen LogP contribution in [0, 0.1) is 5.92 Å². The highest BCUT2D eigenvalue weighted by Crippen LogP contribution is 1.97. The minimum absolute atomic E-state index is 0.0433. The summed E-state index contributed by atoms with van der Waals surface area (Å²) in [6, 6.07) is 0.249. The van der Waals surface area contributed by atoms with E-state index in [1.165, 1.54) is 0 Å². The molecule has 0 aliphatic carbocycles. The molecule has 0 aromatic heterocycles. The van der Waals surface area contributed by atoms with Crippen molar-refractivity contribution >= 4 is 5.91 Å². The minimum atomic E-state index is 0.0433. The number of carbonyl (C=O) groups is 1. The summed E-state index contributed by atoms with van der Waals surface area (Å²) >= 11 is 0. The second-order valence-electron chi connectivity index (χ2n) is 4.71. The molecule has 0 heterocycles. The van der Waals surface area contributed by atoms with Crippen molar-refractivity contribution in [1.82, 2.24) is 15.5 Å². The van der Waals surface area contributed by atoms with Crippen LogP contribution in [0.1, 0.15) is 27.2 Å². The highest BCUT2D eigenvalue weighted by atomic mass is 16.1. The Kier molecular flexibility index (Phi) is 8.21. The second kappa shape index (κ2) is 8.53. The van der Waals surface area contributed by atoms with Crippen molar-refractivity contribution in [2.45, 2.75) is 33.2 Å². The average molecular weight is 229 g/mol. The van der Waals surface area contributed by atoms with Crippen LogP contribution in [0.5, 0.6) is 0 Å². The van der Waals surface area contributed by atoms with Crippen LogP contribution in [-0.4, -0.2) is 50.6 Å². The van der Waals surface area contributed by atoms with Gasteiger partial charge in [0.25, 0.3) is 0 Å². The van der Waals surface area contributed by atoms with Crippen molar-refractivity contribution < 1.29 is 4.79 Å². The molecular weight excluding hydrogens is 202 g/mol. The lowest BCUT2D eigenvalue weighted by Gasteiger charge is -2.19. The van der Waals surface area contributed by atoms with Crippen LogP contribution in [0.4, 0.5) is 0 Å². The first kappa shape index (κ1) is 15.4. The summed E-state index contributed by atoms with van der Waals surface area (Å²) in [4.78, 5) is 13.9. The predicted octanol–water partition coefficient (Wildman–Crippen LogP) is 0.688. The standard InChI is InChI=1S/C12H27N3O/c1-6-13-9-10(2)12(16)14-11(3)7-8-15(4)5/h10-11,13H,6-9H2,1-5H3,(H,14,16). The molecule has 0 saturated heterocycles. The van der Waals surface area contributed by atoms with Gasteiger partial charge in [-0.3, -0.25) is 4.79 Å². The molecule has 0 rings (SSSR count). The number of hydrogen-bond donors (Lipinski definition) is 2. The van der Waals surface area contributed by atoms with Gasteiger partial charge in [-0.25, -0.2) is 0 Å². The molecule has 4 heteroatoms. The highest BCUT2D eigenvalue weighted by molar-refractivity contribution is 5.78. The fourth-order valence-electron chi connectivity index (χ4n) is 1.36. The summed E-state index contributed by atoms with van der Waals surface area (Å²) in [6.45, 7) is 8.72. The van der Waals surface area contributed by atoms with Crippen LogP contribution >= 0.6 is 0 Å². The first-order valence-corrected chi connectivity index (χ1v) is 6.13. The van der Waals surface area contributed by atoms with Gasteiger partial charge in [-0.05, 0) is 40.5 Å². The van der Waals surface area contributed by atoms with Gasteiger partial charge in [0, 0.05) is 18.5 Å². The van der Waals surface area contributed by atoms with Gasteiger partial charge in [0.05, 0.1) is 0 Å². The maximum absolute atomic E-state index is 11.7. The predicted molar refractivity (Wildman–Crippen MR) is 68.5 cm³/mol. The Bertz CT molecular complexity index is 195. The van der Waals surface area contributed by atoms with E-state index in [9.17, 15) is 4.79 Å². The van der Waals surface area contributed by atoms with Crippen LogP contribution < -0.4 is 10.6 Å². The van der Waals surface area contributed by atoms with Crippen LogP contribution in [-0.2, 0) is 4.79 Å². The molecule has 2 N–H and O–H groups in total. The molecule has 1 amide bonds. The van der Waals surface area contributed by atoms with Crippen LogP contribution in [0.2, 0.25) is 0 Å². The zero-order chi connectivity index (χ0) is 12.6. The summed E-state index contributed by atoms with van der Waals surface area (Å²) in [5.74, 6) is 0.189. The molecule has 0 aliphatic heterocycles. The largest absolute Gasteiger partial charge is 0.353 e. The maximum atomic E-state index is 11.7. The van der Waals surface area contributed by atoms with E-state index < -0.39 is 0 Å². The Hall–Kier alpha value is -0.610. The van der Waals surface area contributed by atoms with E-state index >= 15 is 0 Å². The summed E-state index contributed by atoms with van der Waals surface area (Å²) in [6.07, 6.45) is 0.993. The van der Waals surface area contributed by atoms with Gasteiger partial charge in [-0.15, -0.1) is 0 Å². The zero-order valence-corrected chi connectivity index (χ0v) is 11.3. The van der Waals surface area contributed by atoms with Gasteiger partial charge in [0.15, 0.2) is 0 Å². The van der Waals surface area contributed by atoms with Gasteiger partial charge >= 0.3 is 0 Å². The fourth-order valence-corrected chi connectivity index (χ4v) is 1.36. The summed E-state index contributed by atoms with van der Waals surface area (Å²) in [7, 11) is 4.09. The second-order valence-corrected chi connectivity index (χ2v) is 4.71. The van der Waals surface area contributed by atoms with E-state index in [2.05, 4.69) is 22.5 Å². The molecule has 0 fully saturated rings. The first-order chi connectivity index (χ1) is 7.47. The Morgan fingerprint density at radius 2 is 1.94 bits per heavy atom. The molecule has 2 atom stereocenters. The third-order valence-corrected chi connectivity index (χ3v) is 2.55. The lowest BCUT2D eigenvalue weighted by molar-refractivity contribution is -0.125. The highest BCUT2D eigenvalue weighted by Gasteiger charge is 2.14. The summed E-state index contributed by atoms with van der Waals surface area (Å²) < 4.78 is 0. The maximum Gasteiger partial charge on any atom is 0.224 e. The number of nitrogens with zero attached hydrogens (tertiary/aromatic N) is 1. The molecular formula is C12H27N3O. The molecule has 0 aromatic carbocycles. The molecule has 0 aliphatic rings. The SMILES string of the molecule is CCNCC(C)C(=O)NC(C)CCN(C)C. The summed E-state index contributed by atoms with van der Waals surface area (Å²) in [5.41, 5.74) is 0. The topological polar surface area (TPSA) is 44.4 Å². The number of amides is 1. The quantitative estimate of drug-likeness (QED) is 0.643. The van der Waals surface area contributed by atoms with Crippen LogP contribution in [0.15, 0.2) is 0 Å². The Morgan fingerprint density at radius 3 is 2.44 bits per heavy atom. The van der Waals surface area contributed by atoms with E-state index in [4.69, 9.17) is 0 Å². The minimum Gasteiger partial charge on any atom is -0.353 e.